The van der Waals surface area contributed by atoms with Gasteiger partial charge < -0.3 is 9.64 Å². The van der Waals surface area contributed by atoms with Crippen LogP contribution in [0.5, 0.6) is 0 Å². The van der Waals surface area contributed by atoms with Crippen LogP contribution in [0.25, 0.3) is 0 Å². The van der Waals surface area contributed by atoms with E-state index in [0.717, 1.165) is 40.6 Å². The standard InChI is InChI=1S/C26H27F3N4O3S/c1-16-13-22(26(27,28)29)31-33(16)14-23(34)32-11-9-18(10-12-32)24-30-20(15-37-24)25(35)36-21-8-4-6-17-5-2-3-7-19(17)21/h2-3,5,7,13,15,18,21H,4,6,8-12,14H2,1H3/t21-/m0/s1. The third-order valence-electron chi connectivity index (χ3n) is 7.05. The number of carbonyl (C=O) groups excluding carboxylic acids is 2. The number of fused-ring (bicyclic) bond motifs is 1. The number of rotatable bonds is 5. The van der Waals surface area contributed by atoms with Crippen LogP contribution in [-0.4, -0.2) is 44.6 Å². The summed E-state index contributed by atoms with van der Waals surface area (Å²) >= 11 is 1.42. The fraction of sp³-hybridized carbons (Fsp3) is 0.462. The molecule has 1 saturated heterocycles. The van der Waals surface area contributed by atoms with Crippen molar-refractivity contribution in [1.29, 1.82) is 0 Å². The second-order valence-electron chi connectivity index (χ2n) is 9.54. The number of likely N-dealkylation sites (tertiary alicyclic amines) is 1. The second kappa shape index (κ2) is 10.3. The molecule has 2 aliphatic rings. The molecule has 0 saturated carbocycles. The molecule has 1 atom stereocenters. The van der Waals surface area contributed by atoms with E-state index in [1.54, 1.807) is 10.3 Å². The monoisotopic (exact) mass is 532 g/mol. The van der Waals surface area contributed by atoms with Crippen molar-refractivity contribution in [3.63, 3.8) is 0 Å². The van der Waals surface area contributed by atoms with Gasteiger partial charge in [-0.1, -0.05) is 24.3 Å². The van der Waals surface area contributed by atoms with E-state index >= 15 is 0 Å². The predicted octanol–water partition coefficient (Wildman–Crippen LogP) is 5.31. The number of esters is 1. The molecule has 1 amide bonds. The van der Waals surface area contributed by atoms with Crippen LogP contribution >= 0.6 is 11.3 Å². The molecular weight excluding hydrogens is 505 g/mol. The number of aromatic nitrogens is 3. The maximum Gasteiger partial charge on any atom is 0.435 e. The number of ether oxygens (including phenoxy) is 1. The molecule has 0 radical (unpaired) electrons. The lowest BCUT2D eigenvalue weighted by Crippen LogP contribution is -2.40. The Kier molecular flexibility index (Phi) is 7.06. The molecule has 1 aliphatic carbocycles. The Morgan fingerprint density at radius 2 is 1.92 bits per heavy atom. The average molecular weight is 533 g/mol. The molecule has 7 nitrogen and oxygen atoms in total. The Morgan fingerprint density at radius 3 is 2.65 bits per heavy atom. The summed E-state index contributed by atoms with van der Waals surface area (Å²) in [6.07, 6.45) is -0.729. The summed E-state index contributed by atoms with van der Waals surface area (Å²) in [4.78, 5) is 31.7. The number of benzene rings is 1. The smallest absolute Gasteiger partial charge is 0.435 e. The van der Waals surface area contributed by atoms with Crippen LogP contribution in [0.4, 0.5) is 13.2 Å². The normalized spacial score (nSPS) is 18.5. The summed E-state index contributed by atoms with van der Waals surface area (Å²) in [5.41, 5.74) is 1.87. The lowest BCUT2D eigenvalue weighted by Gasteiger charge is -2.31. The summed E-state index contributed by atoms with van der Waals surface area (Å²) in [7, 11) is 0. The predicted molar refractivity (Wildman–Crippen MR) is 130 cm³/mol. The first-order valence-corrected chi connectivity index (χ1v) is 13.2. The Balaban J connectivity index is 1.15. The molecule has 11 heteroatoms. The molecule has 196 valence electrons. The second-order valence-corrected chi connectivity index (χ2v) is 10.4. The number of thiazole rings is 1. The van der Waals surface area contributed by atoms with Gasteiger partial charge in [0.1, 0.15) is 12.6 Å². The molecule has 2 aromatic heterocycles. The molecule has 1 aliphatic heterocycles. The zero-order valence-electron chi connectivity index (χ0n) is 20.3. The number of piperidine rings is 1. The number of hydrogen-bond donors (Lipinski definition) is 0. The summed E-state index contributed by atoms with van der Waals surface area (Å²) in [6.45, 7) is 2.20. The molecule has 0 spiro atoms. The molecule has 1 fully saturated rings. The number of alkyl halides is 3. The van der Waals surface area contributed by atoms with Crippen LogP contribution in [0.1, 0.15) is 75.7 Å². The van der Waals surface area contributed by atoms with Gasteiger partial charge in [-0.15, -0.1) is 11.3 Å². The minimum atomic E-state index is -4.54. The third kappa shape index (κ3) is 5.56. The van der Waals surface area contributed by atoms with Crippen LogP contribution in [0.2, 0.25) is 0 Å². The van der Waals surface area contributed by atoms with Crippen molar-refractivity contribution in [2.45, 2.75) is 63.8 Å². The van der Waals surface area contributed by atoms with Gasteiger partial charge in [0.2, 0.25) is 5.91 Å². The molecule has 37 heavy (non-hydrogen) atoms. The molecule has 5 rings (SSSR count). The minimum absolute atomic E-state index is 0.106. The first-order chi connectivity index (χ1) is 17.7. The van der Waals surface area contributed by atoms with E-state index in [4.69, 9.17) is 4.74 Å². The first-order valence-electron chi connectivity index (χ1n) is 12.3. The van der Waals surface area contributed by atoms with Crippen LogP contribution in [0.3, 0.4) is 0 Å². The molecule has 1 aromatic carbocycles. The zero-order valence-corrected chi connectivity index (χ0v) is 21.1. The Morgan fingerprint density at radius 1 is 1.16 bits per heavy atom. The van der Waals surface area contributed by atoms with Crippen molar-refractivity contribution in [1.82, 2.24) is 19.7 Å². The average Bonchev–Trinajstić information content (AvgIpc) is 3.52. The van der Waals surface area contributed by atoms with Crippen molar-refractivity contribution in [2.75, 3.05) is 13.1 Å². The van der Waals surface area contributed by atoms with Crippen molar-refractivity contribution < 1.29 is 27.5 Å². The van der Waals surface area contributed by atoms with E-state index in [2.05, 4.69) is 16.1 Å². The van der Waals surface area contributed by atoms with Crippen LogP contribution in [0.15, 0.2) is 35.7 Å². The topological polar surface area (TPSA) is 77.3 Å². The molecular formula is C26H27F3N4O3S. The number of hydrogen-bond acceptors (Lipinski definition) is 6. The van der Waals surface area contributed by atoms with Gasteiger partial charge in [0.25, 0.3) is 0 Å². The van der Waals surface area contributed by atoms with Crippen LogP contribution < -0.4 is 0 Å². The third-order valence-corrected chi connectivity index (χ3v) is 8.06. The van der Waals surface area contributed by atoms with Gasteiger partial charge in [0.15, 0.2) is 11.4 Å². The lowest BCUT2D eigenvalue weighted by molar-refractivity contribution is -0.142. The van der Waals surface area contributed by atoms with E-state index in [9.17, 15) is 22.8 Å². The Hall–Kier alpha value is -3.21. The maximum absolute atomic E-state index is 12.9. The van der Waals surface area contributed by atoms with E-state index in [-0.39, 0.29) is 30.2 Å². The molecule has 0 N–H and O–H groups in total. The molecule has 3 heterocycles. The van der Waals surface area contributed by atoms with Gasteiger partial charge in [-0.3, -0.25) is 9.48 Å². The highest BCUT2D eigenvalue weighted by Gasteiger charge is 2.35. The zero-order chi connectivity index (χ0) is 26.2. The lowest BCUT2D eigenvalue weighted by atomic mass is 9.89. The fourth-order valence-electron chi connectivity index (χ4n) is 5.00. The number of amides is 1. The highest BCUT2D eigenvalue weighted by Crippen LogP contribution is 2.34. The first kappa shape index (κ1) is 25.4. The summed E-state index contributed by atoms with van der Waals surface area (Å²) < 4.78 is 45.6. The van der Waals surface area contributed by atoms with Crippen molar-refractivity contribution in [2.24, 2.45) is 0 Å². The summed E-state index contributed by atoms with van der Waals surface area (Å²) in [5, 5.41) is 6.10. The molecule has 3 aromatic rings. The van der Waals surface area contributed by atoms with Gasteiger partial charge >= 0.3 is 12.1 Å². The van der Waals surface area contributed by atoms with Crippen molar-refractivity contribution in [3.05, 3.63) is 68.9 Å². The van der Waals surface area contributed by atoms with Crippen LogP contribution in [0, 0.1) is 6.92 Å². The Labute approximate surface area is 216 Å². The van der Waals surface area contributed by atoms with E-state index in [0.29, 0.717) is 31.6 Å². The highest BCUT2D eigenvalue weighted by atomic mass is 32.1. The van der Waals surface area contributed by atoms with Crippen LogP contribution in [-0.2, 0) is 28.7 Å². The maximum atomic E-state index is 12.9. The van der Waals surface area contributed by atoms with E-state index in [1.807, 2.05) is 18.2 Å². The van der Waals surface area contributed by atoms with Crippen molar-refractivity contribution in [3.8, 4) is 0 Å². The quantitative estimate of drug-likeness (QED) is 0.417. The van der Waals surface area contributed by atoms with Gasteiger partial charge in [-0.25, -0.2) is 9.78 Å². The number of nitrogens with zero attached hydrogens (tertiary/aromatic N) is 4. The Bertz CT molecular complexity index is 1290. The summed E-state index contributed by atoms with van der Waals surface area (Å²) in [5.74, 6) is -0.589. The number of aryl methyl sites for hydroxylation is 2. The van der Waals surface area contributed by atoms with E-state index < -0.39 is 17.8 Å². The van der Waals surface area contributed by atoms with Gasteiger partial charge in [0.05, 0.1) is 5.01 Å². The van der Waals surface area contributed by atoms with Gasteiger partial charge in [-0.2, -0.15) is 18.3 Å². The highest BCUT2D eigenvalue weighted by molar-refractivity contribution is 7.09. The van der Waals surface area contributed by atoms with Gasteiger partial charge in [-0.05, 0) is 56.2 Å². The number of carbonyl (C=O) groups is 2. The SMILES string of the molecule is Cc1cc(C(F)(F)F)nn1CC(=O)N1CCC(c2nc(C(=O)O[C@H]3CCCc4ccccc43)cs2)CC1. The molecule has 0 unspecified atom stereocenters. The number of halogens is 3. The molecule has 0 bridgehead atoms. The largest absolute Gasteiger partial charge is 0.453 e. The minimum Gasteiger partial charge on any atom is -0.453 e. The van der Waals surface area contributed by atoms with E-state index in [1.165, 1.54) is 23.8 Å². The summed E-state index contributed by atoms with van der Waals surface area (Å²) in [6, 6.07) is 8.98. The van der Waals surface area contributed by atoms with Gasteiger partial charge in [0, 0.05) is 30.1 Å². The van der Waals surface area contributed by atoms with Crippen molar-refractivity contribution >= 4 is 23.2 Å². The fourth-order valence-corrected chi connectivity index (χ4v) is 5.96.